The van der Waals surface area contributed by atoms with Gasteiger partial charge in [0.1, 0.15) is 22.5 Å². The number of fused-ring (bicyclic) bond motifs is 3. The van der Waals surface area contributed by atoms with Gasteiger partial charge in [0.2, 0.25) is 5.58 Å². The third-order valence-corrected chi connectivity index (χ3v) is 3.88. The fourth-order valence-corrected chi connectivity index (χ4v) is 2.75. The maximum atomic E-state index is 12.5. The van der Waals surface area contributed by atoms with Gasteiger partial charge in [-0.1, -0.05) is 26.0 Å². The third-order valence-electron chi connectivity index (χ3n) is 3.88. The summed E-state index contributed by atoms with van der Waals surface area (Å²) in [5, 5.41) is 3.56. The lowest BCUT2D eigenvalue weighted by Crippen LogP contribution is -2.38. The van der Waals surface area contributed by atoms with Crippen LogP contribution in [0, 0.1) is 5.92 Å². The number of hydrogen-bond acceptors (Lipinski definition) is 5. The quantitative estimate of drug-likeness (QED) is 0.741. The van der Waals surface area contributed by atoms with Crippen LogP contribution in [-0.2, 0) is 4.74 Å². The van der Waals surface area contributed by atoms with E-state index < -0.39 is 17.7 Å². The van der Waals surface area contributed by atoms with E-state index in [0.717, 1.165) is 5.39 Å². The largest absolute Gasteiger partial charge is 0.449 e. The van der Waals surface area contributed by atoms with Crippen LogP contribution < -0.4 is 10.9 Å². The van der Waals surface area contributed by atoms with Crippen LogP contribution in [0.3, 0.4) is 0 Å². The molecule has 0 aliphatic carbocycles. The molecule has 26 heavy (non-hydrogen) atoms. The molecular weight excluding hydrogens is 334 g/mol. The van der Waals surface area contributed by atoms with Gasteiger partial charge in [-0.05, 0) is 38.8 Å². The molecule has 0 unspecified atom stereocenters. The Hall–Kier alpha value is -2.83. The molecule has 7 heteroatoms. The monoisotopic (exact) mass is 357 g/mol. The Labute approximate surface area is 150 Å². The van der Waals surface area contributed by atoms with Crippen molar-refractivity contribution >= 4 is 28.2 Å². The number of ether oxygens (including phenoxy) is 1. The number of nitrogens with one attached hydrogen (secondary N) is 2. The van der Waals surface area contributed by atoms with Crippen molar-refractivity contribution in [3.8, 4) is 0 Å². The first-order valence-electron chi connectivity index (χ1n) is 8.56. The van der Waals surface area contributed by atoms with Crippen LogP contribution in [-0.4, -0.2) is 21.7 Å². The predicted molar refractivity (Wildman–Crippen MR) is 99.1 cm³/mol. The van der Waals surface area contributed by atoms with Gasteiger partial charge in [0, 0.05) is 5.39 Å². The van der Waals surface area contributed by atoms with Crippen molar-refractivity contribution in [2.75, 3.05) is 0 Å². The Morgan fingerprint density at radius 2 is 1.96 bits per heavy atom. The number of aromatic amines is 1. The summed E-state index contributed by atoms with van der Waals surface area (Å²) in [7, 11) is 0. The van der Waals surface area contributed by atoms with E-state index in [0.29, 0.717) is 16.9 Å². The highest BCUT2D eigenvalue weighted by Crippen LogP contribution is 2.26. The summed E-state index contributed by atoms with van der Waals surface area (Å²) in [5.74, 6) is 0.358. The average molecular weight is 357 g/mol. The smallest absolute Gasteiger partial charge is 0.408 e. The molecule has 0 aliphatic rings. The SMILES string of the molecule is CC(C)[C@@H](NC(=O)OC(C)(C)C)c1nc2c(oc3ccccc32)c(=O)[nH]1. The predicted octanol–water partition coefficient (Wildman–Crippen LogP) is 3.89. The van der Waals surface area contributed by atoms with Crippen LogP contribution in [0.4, 0.5) is 4.79 Å². The summed E-state index contributed by atoms with van der Waals surface area (Å²) in [6.07, 6.45) is -0.559. The minimum absolute atomic E-state index is 0.0127. The number of aromatic nitrogens is 2. The standard InChI is InChI=1S/C19H23N3O4/c1-10(2)13(21-18(24)26-19(3,4)5)16-20-14-11-8-6-7-9-12(11)25-15(14)17(23)22-16/h6-10,13H,1-5H3,(H,21,24)(H,20,22,23)/t13-/m1/s1. The zero-order valence-corrected chi connectivity index (χ0v) is 15.5. The molecular formula is C19H23N3O4. The Kier molecular flexibility index (Phi) is 4.48. The van der Waals surface area contributed by atoms with Crippen LogP contribution in [0.2, 0.25) is 0 Å². The number of alkyl carbamates (subject to hydrolysis) is 1. The van der Waals surface area contributed by atoms with E-state index in [1.165, 1.54) is 0 Å². The van der Waals surface area contributed by atoms with E-state index in [4.69, 9.17) is 9.15 Å². The molecule has 2 aromatic heterocycles. The van der Waals surface area contributed by atoms with Gasteiger partial charge in [0.05, 0.1) is 6.04 Å². The van der Waals surface area contributed by atoms with E-state index in [9.17, 15) is 9.59 Å². The molecule has 138 valence electrons. The van der Waals surface area contributed by atoms with Crippen molar-refractivity contribution in [3.63, 3.8) is 0 Å². The number of benzene rings is 1. The number of nitrogens with zero attached hydrogens (tertiary/aromatic N) is 1. The summed E-state index contributed by atoms with van der Waals surface area (Å²) in [6, 6.07) is 6.83. The van der Waals surface area contributed by atoms with Gasteiger partial charge in [-0.15, -0.1) is 0 Å². The molecule has 0 spiro atoms. The van der Waals surface area contributed by atoms with Crippen LogP contribution in [0.25, 0.3) is 22.1 Å². The molecule has 0 bridgehead atoms. The Morgan fingerprint density at radius 3 is 2.62 bits per heavy atom. The number of rotatable bonds is 3. The van der Waals surface area contributed by atoms with E-state index in [1.54, 1.807) is 26.8 Å². The molecule has 1 aromatic carbocycles. The lowest BCUT2D eigenvalue weighted by molar-refractivity contribution is 0.0486. The van der Waals surface area contributed by atoms with E-state index in [1.807, 2.05) is 32.0 Å². The minimum Gasteiger partial charge on any atom is -0.449 e. The second-order valence-electron chi connectivity index (χ2n) is 7.60. The maximum absolute atomic E-state index is 12.5. The van der Waals surface area contributed by atoms with Gasteiger partial charge in [0.15, 0.2) is 0 Å². The highest BCUT2D eigenvalue weighted by molar-refractivity contribution is 6.01. The topological polar surface area (TPSA) is 97.2 Å². The molecule has 0 fully saturated rings. The molecule has 0 radical (unpaired) electrons. The Bertz CT molecular complexity index is 1010. The van der Waals surface area contributed by atoms with E-state index in [-0.39, 0.29) is 17.1 Å². The summed E-state index contributed by atoms with van der Waals surface area (Å²) >= 11 is 0. The number of amides is 1. The van der Waals surface area contributed by atoms with Gasteiger partial charge < -0.3 is 19.5 Å². The van der Waals surface area contributed by atoms with E-state index in [2.05, 4.69) is 15.3 Å². The first-order valence-corrected chi connectivity index (χ1v) is 8.56. The first-order chi connectivity index (χ1) is 12.2. The van der Waals surface area contributed by atoms with Gasteiger partial charge in [-0.25, -0.2) is 9.78 Å². The number of para-hydroxylation sites is 1. The lowest BCUT2D eigenvalue weighted by Gasteiger charge is -2.25. The maximum Gasteiger partial charge on any atom is 0.408 e. The van der Waals surface area contributed by atoms with Crippen molar-refractivity contribution in [2.24, 2.45) is 5.92 Å². The molecule has 2 heterocycles. The molecule has 3 aromatic rings. The summed E-state index contributed by atoms with van der Waals surface area (Å²) < 4.78 is 10.9. The van der Waals surface area contributed by atoms with Crippen LogP contribution in [0.1, 0.15) is 46.5 Å². The van der Waals surface area contributed by atoms with Crippen molar-refractivity contribution in [1.82, 2.24) is 15.3 Å². The van der Waals surface area contributed by atoms with Crippen molar-refractivity contribution in [2.45, 2.75) is 46.3 Å². The van der Waals surface area contributed by atoms with Crippen molar-refractivity contribution < 1.29 is 13.9 Å². The third kappa shape index (κ3) is 3.56. The molecule has 3 rings (SSSR count). The summed E-state index contributed by atoms with van der Waals surface area (Å²) in [5.41, 5.74) is 0.263. The first kappa shape index (κ1) is 18.0. The highest BCUT2D eigenvalue weighted by Gasteiger charge is 2.26. The fourth-order valence-electron chi connectivity index (χ4n) is 2.75. The van der Waals surface area contributed by atoms with Gasteiger partial charge in [-0.2, -0.15) is 0 Å². The number of carbonyl (C=O) groups excluding carboxylic acids is 1. The highest BCUT2D eigenvalue weighted by atomic mass is 16.6. The minimum atomic E-state index is -0.614. The van der Waals surface area contributed by atoms with E-state index >= 15 is 0 Å². The summed E-state index contributed by atoms with van der Waals surface area (Å²) in [4.78, 5) is 32.0. The molecule has 2 N–H and O–H groups in total. The number of carbonyl (C=O) groups is 1. The molecule has 1 atom stereocenters. The van der Waals surface area contributed by atoms with Crippen LogP contribution >= 0.6 is 0 Å². The second kappa shape index (κ2) is 6.48. The van der Waals surface area contributed by atoms with Gasteiger partial charge >= 0.3 is 6.09 Å². The Morgan fingerprint density at radius 1 is 1.27 bits per heavy atom. The van der Waals surface area contributed by atoms with Crippen molar-refractivity contribution in [1.29, 1.82) is 0 Å². The Balaban J connectivity index is 2.04. The molecule has 7 nitrogen and oxygen atoms in total. The average Bonchev–Trinajstić information content (AvgIpc) is 2.90. The zero-order chi connectivity index (χ0) is 19.1. The van der Waals surface area contributed by atoms with Crippen LogP contribution in [0.15, 0.2) is 33.5 Å². The lowest BCUT2D eigenvalue weighted by atomic mass is 10.0. The van der Waals surface area contributed by atoms with Gasteiger partial charge in [-0.3, -0.25) is 4.79 Å². The second-order valence-corrected chi connectivity index (χ2v) is 7.60. The van der Waals surface area contributed by atoms with Crippen molar-refractivity contribution in [3.05, 3.63) is 40.4 Å². The number of H-pyrrole nitrogens is 1. The molecule has 0 aliphatic heterocycles. The zero-order valence-electron chi connectivity index (χ0n) is 15.5. The normalized spacial score (nSPS) is 13.3. The number of hydrogen-bond donors (Lipinski definition) is 2. The number of furan rings is 1. The van der Waals surface area contributed by atoms with Crippen LogP contribution in [0.5, 0.6) is 0 Å². The fraction of sp³-hybridized carbons (Fsp3) is 0.421. The molecule has 0 saturated heterocycles. The molecule has 0 saturated carbocycles. The van der Waals surface area contributed by atoms with Gasteiger partial charge in [0.25, 0.3) is 5.56 Å². The molecule has 1 amide bonds. The summed E-state index contributed by atoms with van der Waals surface area (Å²) in [6.45, 7) is 9.24.